The van der Waals surface area contributed by atoms with Crippen molar-refractivity contribution in [2.24, 2.45) is 11.5 Å². The lowest BCUT2D eigenvalue weighted by Gasteiger charge is -2.38. The third-order valence-electron chi connectivity index (χ3n) is 3.04. The lowest BCUT2D eigenvalue weighted by atomic mass is 10.1. The number of urea groups is 1. The van der Waals surface area contributed by atoms with E-state index in [2.05, 4.69) is 11.8 Å². The van der Waals surface area contributed by atoms with Crippen molar-refractivity contribution in [1.82, 2.24) is 9.80 Å². The summed E-state index contributed by atoms with van der Waals surface area (Å²) in [4.78, 5) is 15.0. The van der Waals surface area contributed by atoms with E-state index in [1.807, 2.05) is 0 Å². The molecule has 0 bridgehead atoms. The van der Waals surface area contributed by atoms with E-state index in [1.54, 1.807) is 4.90 Å². The first-order valence-corrected chi connectivity index (χ1v) is 5.67. The van der Waals surface area contributed by atoms with Crippen LogP contribution in [0.15, 0.2) is 0 Å². The Hall–Kier alpha value is -0.810. The van der Waals surface area contributed by atoms with Crippen LogP contribution in [-0.4, -0.2) is 54.6 Å². The second kappa shape index (κ2) is 5.92. The molecule has 1 saturated heterocycles. The Morgan fingerprint density at radius 3 is 2.33 bits per heavy atom. The van der Waals surface area contributed by atoms with Crippen molar-refractivity contribution >= 4 is 6.03 Å². The third kappa shape index (κ3) is 3.35. The van der Waals surface area contributed by atoms with Gasteiger partial charge in [-0.15, -0.1) is 0 Å². The largest absolute Gasteiger partial charge is 0.351 e. The van der Waals surface area contributed by atoms with Gasteiger partial charge in [-0.2, -0.15) is 0 Å². The Bertz CT molecular complexity index is 202. The van der Waals surface area contributed by atoms with Crippen LogP contribution in [0.4, 0.5) is 4.79 Å². The molecule has 1 rings (SSSR count). The Morgan fingerprint density at radius 2 is 1.93 bits per heavy atom. The SMILES string of the molecule is CCCC(CN)N1CCN(C(N)=O)CC1. The second-order valence-electron chi connectivity index (χ2n) is 4.04. The minimum atomic E-state index is -0.311. The molecule has 0 saturated carbocycles. The van der Waals surface area contributed by atoms with Gasteiger partial charge in [0.1, 0.15) is 0 Å². The summed E-state index contributed by atoms with van der Waals surface area (Å²) in [5.41, 5.74) is 11.0. The maximum Gasteiger partial charge on any atom is 0.314 e. The van der Waals surface area contributed by atoms with Gasteiger partial charge in [0.2, 0.25) is 0 Å². The van der Waals surface area contributed by atoms with Crippen LogP contribution in [0.25, 0.3) is 0 Å². The molecular weight excluding hydrogens is 192 g/mol. The first-order chi connectivity index (χ1) is 7.19. The number of carbonyl (C=O) groups is 1. The van der Waals surface area contributed by atoms with Gasteiger partial charge in [0, 0.05) is 38.8 Å². The predicted octanol–water partition coefficient (Wildman–Crippen LogP) is -0.190. The van der Waals surface area contributed by atoms with E-state index >= 15 is 0 Å². The Morgan fingerprint density at radius 1 is 1.33 bits per heavy atom. The summed E-state index contributed by atoms with van der Waals surface area (Å²) >= 11 is 0. The second-order valence-corrected chi connectivity index (χ2v) is 4.04. The molecule has 15 heavy (non-hydrogen) atoms. The molecule has 1 aliphatic rings. The van der Waals surface area contributed by atoms with Crippen molar-refractivity contribution in [3.8, 4) is 0 Å². The summed E-state index contributed by atoms with van der Waals surface area (Å²) < 4.78 is 0. The number of amides is 2. The van der Waals surface area contributed by atoms with Crippen LogP contribution in [0.1, 0.15) is 19.8 Å². The summed E-state index contributed by atoms with van der Waals surface area (Å²) in [5.74, 6) is 0. The average molecular weight is 214 g/mol. The molecule has 0 aromatic rings. The van der Waals surface area contributed by atoms with Crippen molar-refractivity contribution in [3.05, 3.63) is 0 Å². The fourth-order valence-corrected chi connectivity index (χ4v) is 2.09. The van der Waals surface area contributed by atoms with E-state index in [-0.39, 0.29) is 6.03 Å². The lowest BCUT2D eigenvalue weighted by Crippen LogP contribution is -2.54. The summed E-state index contributed by atoms with van der Waals surface area (Å²) in [6.45, 7) is 6.12. The molecule has 1 fully saturated rings. The van der Waals surface area contributed by atoms with Gasteiger partial charge in [0.25, 0.3) is 0 Å². The minimum Gasteiger partial charge on any atom is -0.351 e. The molecule has 88 valence electrons. The molecule has 5 heteroatoms. The van der Waals surface area contributed by atoms with Crippen molar-refractivity contribution in [2.75, 3.05) is 32.7 Å². The molecule has 5 nitrogen and oxygen atoms in total. The van der Waals surface area contributed by atoms with Gasteiger partial charge < -0.3 is 16.4 Å². The molecule has 1 unspecified atom stereocenters. The van der Waals surface area contributed by atoms with E-state index < -0.39 is 0 Å². The molecule has 1 aliphatic heterocycles. The van der Waals surface area contributed by atoms with E-state index in [0.717, 1.165) is 39.0 Å². The zero-order valence-electron chi connectivity index (χ0n) is 9.48. The number of rotatable bonds is 4. The fourth-order valence-electron chi connectivity index (χ4n) is 2.09. The minimum absolute atomic E-state index is 0.311. The topological polar surface area (TPSA) is 75.6 Å². The van der Waals surface area contributed by atoms with Crippen molar-refractivity contribution in [3.63, 3.8) is 0 Å². The van der Waals surface area contributed by atoms with Gasteiger partial charge in [0.05, 0.1) is 0 Å². The van der Waals surface area contributed by atoms with Crippen LogP contribution < -0.4 is 11.5 Å². The molecule has 1 atom stereocenters. The summed E-state index contributed by atoms with van der Waals surface area (Å²) in [7, 11) is 0. The number of piperazine rings is 1. The average Bonchev–Trinajstić information content (AvgIpc) is 2.26. The highest BCUT2D eigenvalue weighted by Crippen LogP contribution is 2.09. The number of nitrogens with zero attached hydrogens (tertiary/aromatic N) is 2. The smallest absolute Gasteiger partial charge is 0.314 e. The highest BCUT2D eigenvalue weighted by atomic mass is 16.2. The van der Waals surface area contributed by atoms with Crippen LogP contribution >= 0.6 is 0 Å². The molecule has 0 spiro atoms. The van der Waals surface area contributed by atoms with Crippen molar-refractivity contribution in [2.45, 2.75) is 25.8 Å². The standard InChI is InChI=1S/C10H22N4O/c1-2-3-9(8-11)13-4-6-14(7-5-13)10(12)15/h9H,2-8,11H2,1H3,(H2,12,15). The molecule has 1 heterocycles. The van der Waals surface area contributed by atoms with E-state index in [1.165, 1.54) is 0 Å². The maximum absolute atomic E-state index is 10.9. The molecule has 4 N–H and O–H groups in total. The Balaban J connectivity index is 2.38. The van der Waals surface area contributed by atoms with Crippen molar-refractivity contribution in [1.29, 1.82) is 0 Å². The maximum atomic E-state index is 10.9. The number of nitrogens with two attached hydrogens (primary N) is 2. The monoisotopic (exact) mass is 214 g/mol. The van der Waals surface area contributed by atoms with Gasteiger partial charge in [0.15, 0.2) is 0 Å². The summed E-state index contributed by atoms with van der Waals surface area (Å²) in [6.07, 6.45) is 2.28. The predicted molar refractivity (Wildman–Crippen MR) is 60.5 cm³/mol. The number of hydrogen-bond acceptors (Lipinski definition) is 3. The number of carbonyl (C=O) groups excluding carboxylic acids is 1. The third-order valence-corrected chi connectivity index (χ3v) is 3.04. The summed E-state index contributed by atoms with van der Waals surface area (Å²) in [5, 5.41) is 0. The fraction of sp³-hybridized carbons (Fsp3) is 0.900. The zero-order chi connectivity index (χ0) is 11.3. The van der Waals surface area contributed by atoms with E-state index in [4.69, 9.17) is 11.5 Å². The lowest BCUT2D eigenvalue weighted by molar-refractivity contribution is 0.110. The molecule has 0 aromatic carbocycles. The van der Waals surface area contributed by atoms with Gasteiger partial charge >= 0.3 is 6.03 Å². The zero-order valence-corrected chi connectivity index (χ0v) is 9.48. The van der Waals surface area contributed by atoms with Gasteiger partial charge in [-0.3, -0.25) is 4.90 Å². The molecule has 0 radical (unpaired) electrons. The highest BCUT2D eigenvalue weighted by molar-refractivity contribution is 5.72. The van der Waals surface area contributed by atoms with Crippen molar-refractivity contribution < 1.29 is 4.79 Å². The van der Waals surface area contributed by atoms with Crippen LogP contribution in [0.5, 0.6) is 0 Å². The quantitative estimate of drug-likeness (QED) is 0.681. The van der Waals surface area contributed by atoms with Gasteiger partial charge in [-0.1, -0.05) is 13.3 Å². The molecule has 0 aliphatic carbocycles. The first kappa shape index (κ1) is 12.3. The number of primary amides is 1. The molecule has 2 amide bonds. The summed E-state index contributed by atoms with van der Waals surface area (Å²) in [6, 6.07) is 0.152. The van der Waals surface area contributed by atoms with Crippen LogP contribution in [0, 0.1) is 0 Å². The normalized spacial score (nSPS) is 20.3. The number of hydrogen-bond donors (Lipinski definition) is 2. The first-order valence-electron chi connectivity index (χ1n) is 5.67. The van der Waals surface area contributed by atoms with Crippen LogP contribution in [0.3, 0.4) is 0 Å². The Labute approximate surface area is 91.4 Å². The van der Waals surface area contributed by atoms with E-state index in [0.29, 0.717) is 12.6 Å². The van der Waals surface area contributed by atoms with Gasteiger partial charge in [-0.25, -0.2) is 4.79 Å². The highest BCUT2D eigenvalue weighted by Gasteiger charge is 2.23. The molecule has 0 aromatic heterocycles. The van der Waals surface area contributed by atoms with Gasteiger partial charge in [-0.05, 0) is 6.42 Å². The molecular formula is C10H22N4O. The van der Waals surface area contributed by atoms with Crippen LogP contribution in [0.2, 0.25) is 0 Å². The van der Waals surface area contributed by atoms with Crippen LogP contribution in [-0.2, 0) is 0 Å². The Kier molecular flexibility index (Phi) is 4.84. The van der Waals surface area contributed by atoms with E-state index in [9.17, 15) is 4.79 Å².